The van der Waals surface area contributed by atoms with Crippen molar-refractivity contribution in [3.8, 4) is 0 Å². The number of hydrogen-bond acceptors (Lipinski definition) is 6. The molecule has 9 heteroatoms. The maximum Gasteiger partial charge on any atom is 0.257 e. The van der Waals surface area contributed by atoms with E-state index < -0.39 is 0 Å². The van der Waals surface area contributed by atoms with Gasteiger partial charge in [0.25, 0.3) is 5.91 Å². The van der Waals surface area contributed by atoms with Crippen molar-refractivity contribution < 1.29 is 14.4 Å². The van der Waals surface area contributed by atoms with E-state index in [0.717, 1.165) is 11.3 Å². The molecule has 0 radical (unpaired) electrons. The molecular weight excluding hydrogens is 438 g/mol. The van der Waals surface area contributed by atoms with E-state index in [0.29, 0.717) is 34.4 Å². The van der Waals surface area contributed by atoms with Crippen molar-refractivity contribution in [2.24, 2.45) is 5.92 Å². The number of para-hydroxylation sites is 1. The van der Waals surface area contributed by atoms with E-state index in [2.05, 4.69) is 20.8 Å². The standard InChI is InChI=1S/C24H25N5O3S/c1-14(2)21(31)25-18-9-6-8-16(11-18)22(32)26-24-28-27-23(33-24)17-12-20(30)29(13-17)19-10-5-4-7-15(19)3/h4-11,14,17H,12-13H2,1-3H3,(H,25,31)(H,26,28,32)/t17-/m1/s1. The van der Waals surface area contributed by atoms with Crippen molar-refractivity contribution in [3.05, 3.63) is 64.7 Å². The molecule has 1 atom stereocenters. The van der Waals surface area contributed by atoms with Crippen molar-refractivity contribution in [1.29, 1.82) is 0 Å². The lowest BCUT2D eigenvalue weighted by Gasteiger charge is -2.18. The zero-order valence-corrected chi connectivity index (χ0v) is 19.5. The Hall–Kier alpha value is -3.59. The van der Waals surface area contributed by atoms with E-state index >= 15 is 0 Å². The average molecular weight is 464 g/mol. The van der Waals surface area contributed by atoms with Gasteiger partial charge in [-0.2, -0.15) is 0 Å². The van der Waals surface area contributed by atoms with E-state index in [1.54, 1.807) is 43.0 Å². The van der Waals surface area contributed by atoms with Crippen LogP contribution >= 0.6 is 11.3 Å². The molecule has 8 nitrogen and oxygen atoms in total. The summed E-state index contributed by atoms with van der Waals surface area (Å²) in [6.45, 7) is 6.12. The molecule has 1 fully saturated rings. The average Bonchev–Trinajstić information content (AvgIpc) is 3.40. The first kappa shape index (κ1) is 22.6. The molecule has 0 aliphatic carbocycles. The third-order valence-electron chi connectivity index (χ3n) is 5.46. The van der Waals surface area contributed by atoms with Crippen molar-refractivity contribution in [2.45, 2.75) is 33.1 Å². The normalized spacial score (nSPS) is 15.7. The van der Waals surface area contributed by atoms with Crippen LogP contribution in [0, 0.1) is 12.8 Å². The Morgan fingerprint density at radius 1 is 1.09 bits per heavy atom. The van der Waals surface area contributed by atoms with Gasteiger partial charge < -0.3 is 10.2 Å². The van der Waals surface area contributed by atoms with Crippen LogP contribution in [0.15, 0.2) is 48.5 Å². The molecule has 0 bridgehead atoms. The topological polar surface area (TPSA) is 104 Å². The highest BCUT2D eigenvalue weighted by Gasteiger charge is 2.34. The van der Waals surface area contributed by atoms with Gasteiger partial charge in [0, 0.05) is 41.7 Å². The summed E-state index contributed by atoms with van der Waals surface area (Å²) in [7, 11) is 0. The second kappa shape index (κ2) is 9.50. The zero-order valence-electron chi connectivity index (χ0n) is 18.7. The molecule has 33 heavy (non-hydrogen) atoms. The maximum absolute atomic E-state index is 12.7. The second-order valence-electron chi connectivity index (χ2n) is 8.32. The van der Waals surface area contributed by atoms with Gasteiger partial charge in [-0.15, -0.1) is 10.2 Å². The number of nitrogens with zero attached hydrogens (tertiary/aromatic N) is 3. The molecule has 3 amide bonds. The van der Waals surface area contributed by atoms with Crippen LogP contribution in [0.25, 0.3) is 0 Å². The SMILES string of the molecule is Cc1ccccc1N1C[C@H](c2nnc(NC(=O)c3cccc(NC(=O)C(C)C)c3)s2)CC1=O. The number of carbonyl (C=O) groups excluding carboxylic acids is 3. The second-order valence-corrected chi connectivity index (χ2v) is 9.33. The summed E-state index contributed by atoms with van der Waals surface area (Å²) in [6, 6.07) is 14.5. The third kappa shape index (κ3) is 5.09. The molecule has 0 unspecified atom stereocenters. The fraction of sp³-hybridized carbons (Fsp3) is 0.292. The molecular formula is C24H25N5O3S. The van der Waals surface area contributed by atoms with Crippen LogP contribution in [0.3, 0.4) is 0 Å². The van der Waals surface area contributed by atoms with Gasteiger partial charge in [-0.1, -0.05) is 49.4 Å². The molecule has 2 heterocycles. The zero-order chi connectivity index (χ0) is 23.5. The lowest BCUT2D eigenvalue weighted by atomic mass is 10.1. The number of amides is 3. The molecule has 1 saturated heterocycles. The Labute approximate surface area is 196 Å². The third-order valence-corrected chi connectivity index (χ3v) is 6.46. The predicted molar refractivity (Wildman–Crippen MR) is 129 cm³/mol. The fourth-order valence-electron chi connectivity index (χ4n) is 3.62. The summed E-state index contributed by atoms with van der Waals surface area (Å²) in [4.78, 5) is 39.0. The fourth-order valence-corrected chi connectivity index (χ4v) is 4.45. The minimum absolute atomic E-state index is 0.0512. The van der Waals surface area contributed by atoms with Crippen LogP contribution in [0.1, 0.15) is 47.1 Å². The molecule has 1 aliphatic rings. The lowest BCUT2D eigenvalue weighted by Crippen LogP contribution is -2.25. The van der Waals surface area contributed by atoms with E-state index in [1.807, 2.05) is 31.2 Å². The largest absolute Gasteiger partial charge is 0.326 e. The summed E-state index contributed by atoms with van der Waals surface area (Å²) in [5, 5.41) is 15.0. The molecule has 2 aromatic carbocycles. The van der Waals surface area contributed by atoms with Crippen molar-refractivity contribution in [1.82, 2.24) is 10.2 Å². The number of nitrogens with one attached hydrogen (secondary N) is 2. The lowest BCUT2D eigenvalue weighted by molar-refractivity contribution is -0.119. The predicted octanol–water partition coefficient (Wildman–Crippen LogP) is 4.21. The Kier molecular flexibility index (Phi) is 6.50. The highest BCUT2D eigenvalue weighted by molar-refractivity contribution is 7.15. The van der Waals surface area contributed by atoms with Gasteiger partial charge in [0.15, 0.2) is 0 Å². The van der Waals surface area contributed by atoms with Crippen LogP contribution in [0.5, 0.6) is 0 Å². The maximum atomic E-state index is 12.7. The van der Waals surface area contributed by atoms with Crippen LogP contribution in [0.2, 0.25) is 0 Å². The number of aryl methyl sites for hydroxylation is 1. The minimum Gasteiger partial charge on any atom is -0.326 e. The van der Waals surface area contributed by atoms with Gasteiger partial charge >= 0.3 is 0 Å². The number of hydrogen-bond donors (Lipinski definition) is 2. The smallest absolute Gasteiger partial charge is 0.257 e. The summed E-state index contributed by atoms with van der Waals surface area (Å²) in [5.74, 6) is -0.647. The summed E-state index contributed by atoms with van der Waals surface area (Å²) >= 11 is 1.27. The van der Waals surface area contributed by atoms with Crippen LogP contribution in [-0.2, 0) is 9.59 Å². The van der Waals surface area contributed by atoms with Crippen molar-refractivity contribution in [2.75, 3.05) is 22.1 Å². The Bertz CT molecular complexity index is 1210. The van der Waals surface area contributed by atoms with Crippen LogP contribution < -0.4 is 15.5 Å². The highest BCUT2D eigenvalue weighted by atomic mass is 32.1. The summed E-state index contributed by atoms with van der Waals surface area (Å²) < 4.78 is 0. The highest BCUT2D eigenvalue weighted by Crippen LogP contribution is 2.35. The number of anilines is 3. The molecule has 170 valence electrons. The van der Waals surface area contributed by atoms with Gasteiger partial charge in [0.2, 0.25) is 16.9 Å². The number of benzene rings is 2. The van der Waals surface area contributed by atoms with Crippen LogP contribution in [-0.4, -0.2) is 34.5 Å². The van der Waals surface area contributed by atoms with Gasteiger partial charge in [0.1, 0.15) is 5.01 Å². The summed E-state index contributed by atoms with van der Waals surface area (Å²) in [6.07, 6.45) is 0.356. The van der Waals surface area contributed by atoms with E-state index in [-0.39, 0.29) is 29.6 Å². The number of aromatic nitrogens is 2. The monoisotopic (exact) mass is 463 g/mol. The van der Waals surface area contributed by atoms with Crippen LogP contribution in [0.4, 0.5) is 16.5 Å². The Balaban J connectivity index is 1.42. The first-order valence-electron chi connectivity index (χ1n) is 10.7. The van der Waals surface area contributed by atoms with E-state index in [1.165, 1.54) is 11.3 Å². The molecule has 1 aromatic heterocycles. The molecule has 3 aromatic rings. The molecule has 0 spiro atoms. The molecule has 1 aliphatic heterocycles. The minimum atomic E-state index is -0.345. The quantitative estimate of drug-likeness (QED) is 0.570. The summed E-state index contributed by atoms with van der Waals surface area (Å²) in [5.41, 5.74) is 2.91. The van der Waals surface area contributed by atoms with E-state index in [4.69, 9.17) is 0 Å². The van der Waals surface area contributed by atoms with Gasteiger partial charge in [-0.3, -0.25) is 19.7 Å². The van der Waals surface area contributed by atoms with Crippen molar-refractivity contribution >= 4 is 45.6 Å². The van der Waals surface area contributed by atoms with Crippen molar-refractivity contribution in [3.63, 3.8) is 0 Å². The van der Waals surface area contributed by atoms with Gasteiger partial charge in [-0.05, 0) is 36.8 Å². The molecule has 4 rings (SSSR count). The number of carbonyl (C=O) groups is 3. The Morgan fingerprint density at radius 2 is 1.88 bits per heavy atom. The van der Waals surface area contributed by atoms with Gasteiger partial charge in [0.05, 0.1) is 0 Å². The number of rotatable bonds is 6. The van der Waals surface area contributed by atoms with Gasteiger partial charge in [-0.25, -0.2) is 0 Å². The molecule has 2 N–H and O–H groups in total. The van der Waals surface area contributed by atoms with E-state index in [9.17, 15) is 14.4 Å². The first-order valence-corrected chi connectivity index (χ1v) is 11.5. The first-order chi connectivity index (χ1) is 15.8. The Morgan fingerprint density at radius 3 is 2.64 bits per heavy atom. The molecule has 0 saturated carbocycles.